The van der Waals surface area contributed by atoms with Crippen LogP contribution in [0.15, 0.2) is 48.8 Å². The van der Waals surface area contributed by atoms with Crippen molar-refractivity contribution >= 4 is 33.8 Å². The van der Waals surface area contributed by atoms with Gasteiger partial charge in [0.1, 0.15) is 12.0 Å². The molecule has 0 radical (unpaired) electrons. The number of benzene rings is 2. The fourth-order valence-corrected chi connectivity index (χ4v) is 3.00. The number of hydrogen-bond acceptors (Lipinski definition) is 5. The van der Waals surface area contributed by atoms with Crippen LogP contribution in [0.3, 0.4) is 0 Å². The third-order valence-corrected chi connectivity index (χ3v) is 4.31. The Morgan fingerprint density at radius 1 is 1.04 bits per heavy atom. The van der Waals surface area contributed by atoms with Crippen LogP contribution < -0.4 is 16.0 Å². The average Bonchev–Trinajstić information content (AvgIpc) is 2.65. The van der Waals surface area contributed by atoms with Crippen LogP contribution in [0.2, 0.25) is 0 Å². The largest absolute Gasteiger partial charge is 0.393 e. The highest BCUT2D eigenvalue weighted by molar-refractivity contribution is 5.97. The number of nitrogens with one attached hydrogen (secondary N) is 1. The Labute approximate surface area is 148 Å². The number of rotatable bonds is 7. The van der Waals surface area contributed by atoms with Gasteiger partial charge < -0.3 is 16.0 Å². The molecule has 3 aromatic rings. The maximum Gasteiger partial charge on any atom is 0.161 e. The molecule has 0 aliphatic heterocycles. The fraction of sp³-hybridized carbons (Fsp3) is 0.300. The van der Waals surface area contributed by atoms with Crippen molar-refractivity contribution in [2.75, 3.05) is 29.0 Å². The van der Waals surface area contributed by atoms with Crippen molar-refractivity contribution in [1.29, 1.82) is 0 Å². The van der Waals surface area contributed by atoms with Gasteiger partial charge in [-0.1, -0.05) is 49.7 Å². The van der Waals surface area contributed by atoms with Crippen LogP contribution in [-0.4, -0.2) is 23.1 Å². The van der Waals surface area contributed by atoms with Crippen molar-refractivity contribution in [3.05, 3.63) is 48.8 Å². The van der Waals surface area contributed by atoms with Gasteiger partial charge in [-0.2, -0.15) is 0 Å². The molecule has 0 amide bonds. The minimum absolute atomic E-state index is 0.591. The molecule has 1 aromatic heterocycles. The van der Waals surface area contributed by atoms with Gasteiger partial charge in [0.15, 0.2) is 11.6 Å². The molecule has 1 heterocycles. The van der Waals surface area contributed by atoms with Gasteiger partial charge in [-0.3, -0.25) is 0 Å². The molecule has 0 spiro atoms. The van der Waals surface area contributed by atoms with E-state index in [2.05, 4.69) is 76.5 Å². The lowest BCUT2D eigenvalue weighted by Gasteiger charge is -2.25. The number of nitrogen functional groups attached to an aromatic ring is 1. The van der Waals surface area contributed by atoms with Gasteiger partial charge >= 0.3 is 0 Å². The van der Waals surface area contributed by atoms with Gasteiger partial charge in [0.25, 0.3) is 0 Å². The Morgan fingerprint density at radius 2 is 1.84 bits per heavy atom. The summed E-state index contributed by atoms with van der Waals surface area (Å²) in [6, 6.07) is 14.7. The van der Waals surface area contributed by atoms with Crippen LogP contribution in [0, 0.1) is 0 Å². The molecule has 0 fully saturated rings. The topological polar surface area (TPSA) is 67.1 Å². The van der Waals surface area contributed by atoms with Crippen LogP contribution in [0.5, 0.6) is 0 Å². The number of aromatic nitrogens is 2. The first kappa shape index (κ1) is 17.0. The van der Waals surface area contributed by atoms with Crippen molar-refractivity contribution in [3.63, 3.8) is 0 Å². The summed E-state index contributed by atoms with van der Waals surface area (Å²) in [6.45, 7) is 5.89. The third-order valence-electron chi connectivity index (χ3n) is 4.31. The van der Waals surface area contributed by atoms with Crippen molar-refractivity contribution in [2.24, 2.45) is 0 Å². The lowest BCUT2D eigenvalue weighted by atomic mass is 10.1. The van der Waals surface area contributed by atoms with E-state index in [0.717, 1.165) is 37.4 Å². The summed E-state index contributed by atoms with van der Waals surface area (Å²) in [7, 11) is 0. The van der Waals surface area contributed by atoms with Crippen LogP contribution in [0.1, 0.15) is 26.7 Å². The number of nitrogens with two attached hydrogens (primary N) is 1. The maximum atomic E-state index is 6.39. The van der Waals surface area contributed by atoms with E-state index < -0.39 is 0 Å². The van der Waals surface area contributed by atoms with E-state index >= 15 is 0 Å². The second-order valence-corrected chi connectivity index (χ2v) is 5.98. The second-order valence-electron chi connectivity index (χ2n) is 5.98. The summed E-state index contributed by atoms with van der Waals surface area (Å²) >= 11 is 0. The molecular formula is C20H25N5. The van der Waals surface area contributed by atoms with Crippen LogP contribution in [0.4, 0.5) is 23.0 Å². The molecule has 5 nitrogen and oxygen atoms in total. The Bertz CT molecular complexity index is 841. The lowest BCUT2D eigenvalue weighted by molar-refractivity contribution is 0.830. The zero-order valence-corrected chi connectivity index (χ0v) is 14.9. The number of unbranched alkanes of at least 4 members (excludes halogenated alkanes) is 1. The summed E-state index contributed by atoms with van der Waals surface area (Å²) in [5.41, 5.74) is 8.09. The molecule has 3 N–H and O–H groups in total. The van der Waals surface area contributed by atoms with E-state index in [1.54, 1.807) is 6.33 Å². The highest BCUT2D eigenvalue weighted by atomic mass is 15.2. The summed E-state index contributed by atoms with van der Waals surface area (Å²) < 4.78 is 0. The quantitative estimate of drug-likeness (QED) is 0.619. The summed E-state index contributed by atoms with van der Waals surface area (Å²) in [5, 5.41) is 5.71. The average molecular weight is 335 g/mol. The Hall–Kier alpha value is -2.82. The lowest BCUT2D eigenvalue weighted by Crippen LogP contribution is -2.20. The van der Waals surface area contributed by atoms with E-state index in [4.69, 9.17) is 5.73 Å². The predicted molar refractivity (Wildman–Crippen MR) is 106 cm³/mol. The molecule has 0 saturated heterocycles. The molecule has 0 saturated carbocycles. The first-order valence-electron chi connectivity index (χ1n) is 8.85. The zero-order valence-electron chi connectivity index (χ0n) is 14.9. The third kappa shape index (κ3) is 3.50. The first-order chi connectivity index (χ1) is 12.3. The molecule has 3 rings (SSSR count). The van der Waals surface area contributed by atoms with Crippen molar-refractivity contribution in [2.45, 2.75) is 26.7 Å². The van der Waals surface area contributed by atoms with Crippen LogP contribution in [0.25, 0.3) is 10.8 Å². The van der Waals surface area contributed by atoms with E-state index in [1.165, 1.54) is 10.8 Å². The molecular weight excluding hydrogens is 310 g/mol. The monoisotopic (exact) mass is 335 g/mol. The van der Waals surface area contributed by atoms with Crippen molar-refractivity contribution in [1.82, 2.24) is 9.97 Å². The van der Waals surface area contributed by atoms with Gasteiger partial charge in [-0.25, -0.2) is 9.97 Å². The van der Waals surface area contributed by atoms with Crippen molar-refractivity contribution < 1.29 is 0 Å². The Kier molecular flexibility index (Phi) is 5.33. The van der Waals surface area contributed by atoms with Gasteiger partial charge in [0.05, 0.1) is 5.69 Å². The van der Waals surface area contributed by atoms with Crippen LogP contribution in [-0.2, 0) is 0 Å². The molecule has 0 unspecified atom stereocenters. The molecule has 0 aliphatic carbocycles. The van der Waals surface area contributed by atoms with Gasteiger partial charge in [0.2, 0.25) is 0 Å². The number of fused-ring (bicyclic) bond motifs is 1. The molecule has 2 aromatic carbocycles. The maximum absolute atomic E-state index is 6.39. The van der Waals surface area contributed by atoms with E-state index in [1.807, 2.05) is 0 Å². The normalized spacial score (nSPS) is 10.8. The fourth-order valence-electron chi connectivity index (χ4n) is 3.00. The second kappa shape index (κ2) is 7.83. The van der Waals surface area contributed by atoms with E-state index in [9.17, 15) is 0 Å². The minimum Gasteiger partial charge on any atom is -0.393 e. The van der Waals surface area contributed by atoms with Crippen LogP contribution >= 0.6 is 0 Å². The van der Waals surface area contributed by atoms with Gasteiger partial charge in [0, 0.05) is 18.5 Å². The molecule has 0 aliphatic rings. The zero-order chi connectivity index (χ0) is 17.6. The standard InChI is InChI=1S/C20H25N5/c1-3-5-13-22-19-18(21)20(24-14-23-19)25(4-2)17-12-8-10-15-9-6-7-11-16(15)17/h6-12,14H,3-5,13,21H2,1-2H3,(H,22,23,24). The molecule has 130 valence electrons. The highest BCUT2D eigenvalue weighted by Crippen LogP contribution is 2.35. The van der Waals surface area contributed by atoms with Crippen molar-refractivity contribution in [3.8, 4) is 0 Å². The molecule has 0 bridgehead atoms. The molecule has 25 heavy (non-hydrogen) atoms. The first-order valence-corrected chi connectivity index (χ1v) is 8.85. The smallest absolute Gasteiger partial charge is 0.161 e. The SMILES string of the molecule is CCCCNc1ncnc(N(CC)c2cccc3ccccc23)c1N. The summed E-state index contributed by atoms with van der Waals surface area (Å²) in [4.78, 5) is 10.9. The predicted octanol–water partition coefficient (Wildman–Crippen LogP) is 4.58. The summed E-state index contributed by atoms with van der Waals surface area (Å²) in [6.07, 6.45) is 3.79. The number of anilines is 4. The Morgan fingerprint density at radius 3 is 2.64 bits per heavy atom. The number of hydrogen-bond donors (Lipinski definition) is 2. The Balaban J connectivity index is 2.02. The summed E-state index contributed by atoms with van der Waals surface area (Å²) in [5.74, 6) is 1.45. The van der Waals surface area contributed by atoms with E-state index in [-0.39, 0.29) is 0 Å². The van der Waals surface area contributed by atoms with Gasteiger partial charge in [-0.15, -0.1) is 0 Å². The van der Waals surface area contributed by atoms with Gasteiger partial charge in [-0.05, 0) is 24.8 Å². The minimum atomic E-state index is 0.591. The molecule has 0 atom stereocenters. The number of nitrogens with zero attached hydrogens (tertiary/aromatic N) is 3. The van der Waals surface area contributed by atoms with E-state index in [0.29, 0.717) is 11.5 Å². The molecule has 5 heteroatoms. The highest BCUT2D eigenvalue weighted by Gasteiger charge is 2.17.